The molecule has 166 valence electrons. The van der Waals surface area contributed by atoms with Crippen LogP contribution in [0.2, 0.25) is 5.02 Å². The number of hydrogen-bond donors (Lipinski definition) is 1. The molecule has 1 amide bonds. The lowest BCUT2D eigenvalue weighted by atomic mass is 10.1. The average Bonchev–Trinajstić information content (AvgIpc) is 3.26. The highest BCUT2D eigenvalue weighted by molar-refractivity contribution is 7.99. The van der Waals surface area contributed by atoms with Crippen molar-refractivity contribution < 1.29 is 4.79 Å². The van der Waals surface area contributed by atoms with E-state index >= 15 is 0 Å². The van der Waals surface area contributed by atoms with Gasteiger partial charge in [0, 0.05) is 16.3 Å². The molecule has 6 nitrogen and oxygen atoms in total. The van der Waals surface area contributed by atoms with Gasteiger partial charge in [-0.3, -0.25) is 9.36 Å². The molecule has 33 heavy (non-hydrogen) atoms. The van der Waals surface area contributed by atoms with Gasteiger partial charge in [0.25, 0.3) is 5.91 Å². The second-order valence-electron chi connectivity index (χ2n) is 7.37. The summed E-state index contributed by atoms with van der Waals surface area (Å²) in [7, 11) is 0. The van der Waals surface area contributed by atoms with Crippen LogP contribution in [0.1, 0.15) is 18.1 Å². The SMILES string of the molecule is C/C(=N\NC(=O)CSc1nnc(-c2ccc(C)cc2)n1-c1ccc(Cl)cc1)c1ccccc1. The van der Waals surface area contributed by atoms with E-state index < -0.39 is 0 Å². The van der Waals surface area contributed by atoms with E-state index in [1.807, 2.05) is 97.3 Å². The standard InChI is InChI=1S/C25H22ClN5OS/c1-17-8-10-20(11-9-17)24-29-30-25(31(24)22-14-12-21(26)13-15-22)33-16-23(32)28-27-18(2)19-6-4-3-5-7-19/h3-15H,16H2,1-2H3,(H,28,32)/b27-18+. The molecule has 0 bridgehead atoms. The van der Waals surface area contributed by atoms with Gasteiger partial charge in [0.05, 0.1) is 11.5 Å². The number of aromatic nitrogens is 3. The van der Waals surface area contributed by atoms with E-state index in [-0.39, 0.29) is 11.7 Å². The summed E-state index contributed by atoms with van der Waals surface area (Å²) in [5.74, 6) is 0.613. The quantitative estimate of drug-likeness (QED) is 0.217. The topological polar surface area (TPSA) is 72.2 Å². The van der Waals surface area contributed by atoms with Crippen molar-refractivity contribution in [3.8, 4) is 17.1 Å². The van der Waals surface area contributed by atoms with Crippen molar-refractivity contribution in [1.29, 1.82) is 0 Å². The lowest BCUT2D eigenvalue weighted by Gasteiger charge is -2.10. The number of carbonyl (C=O) groups is 1. The van der Waals surface area contributed by atoms with Crippen molar-refractivity contribution in [3.63, 3.8) is 0 Å². The number of amides is 1. The largest absolute Gasteiger partial charge is 0.272 e. The summed E-state index contributed by atoms with van der Waals surface area (Å²) >= 11 is 7.38. The third kappa shape index (κ3) is 5.69. The third-order valence-corrected chi connectivity index (χ3v) is 6.08. The highest BCUT2D eigenvalue weighted by Crippen LogP contribution is 2.28. The van der Waals surface area contributed by atoms with Crippen molar-refractivity contribution in [1.82, 2.24) is 20.2 Å². The molecule has 0 saturated heterocycles. The molecule has 0 saturated carbocycles. The summed E-state index contributed by atoms with van der Waals surface area (Å²) in [6.07, 6.45) is 0. The van der Waals surface area contributed by atoms with Crippen LogP contribution in [0.5, 0.6) is 0 Å². The van der Waals surface area contributed by atoms with Crippen LogP contribution in [-0.2, 0) is 4.79 Å². The molecular weight excluding hydrogens is 454 g/mol. The van der Waals surface area contributed by atoms with E-state index in [0.717, 1.165) is 28.1 Å². The van der Waals surface area contributed by atoms with E-state index in [9.17, 15) is 4.79 Å². The number of thioether (sulfide) groups is 1. The first-order valence-corrected chi connectivity index (χ1v) is 11.7. The van der Waals surface area contributed by atoms with E-state index in [2.05, 4.69) is 20.7 Å². The van der Waals surface area contributed by atoms with Crippen molar-refractivity contribution in [3.05, 3.63) is 95.0 Å². The minimum atomic E-state index is -0.224. The van der Waals surface area contributed by atoms with Gasteiger partial charge in [-0.25, -0.2) is 5.43 Å². The number of aryl methyl sites for hydroxylation is 1. The van der Waals surface area contributed by atoms with Gasteiger partial charge >= 0.3 is 0 Å². The molecule has 0 radical (unpaired) electrons. The maximum absolute atomic E-state index is 12.4. The fourth-order valence-corrected chi connectivity index (χ4v) is 4.00. The van der Waals surface area contributed by atoms with Crippen LogP contribution in [0.15, 0.2) is 89.1 Å². The van der Waals surface area contributed by atoms with Gasteiger partial charge in [0.2, 0.25) is 0 Å². The molecule has 4 rings (SSSR count). The van der Waals surface area contributed by atoms with Gasteiger partial charge < -0.3 is 0 Å². The molecule has 1 aromatic heterocycles. The first-order valence-electron chi connectivity index (χ1n) is 10.3. The summed E-state index contributed by atoms with van der Waals surface area (Å²) in [6.45, 7) is 3.89. The highest BCUT2D eigenvalue weighted by Gasteiger charge is 2.17. The maximum atomic E-state index is 12.4. The van der Waals surface area contributed by atoms with Crippen molar-refractivity contribution in [2.75, 3.05) is 5.75 Å². The first kappa shape index (κ1) is 22.8. The Morgan fingerprint density at radius 3 is 2.39 bits per heavy atom. The Morgan fingerprint density at radius 1 is 1.00 bits per heavy atom. The van der Waals surface area contributed by atoms with Crippen LogP contribution in [0.3, 0.4) is 0 Å². The zero-order valence-corrected chi connectivity index (χ0v) is 19.8. The summed E-state index contributed by atoms with van der Waals surface area (Å²) in [4.78, 5) is 12.4. The van der Waals surface area contributed by atoms with E-state index in [1.54, 1.807) is 0 Å². The Kier molecular flexibility index (Phi) is 7.22. The molecule has 3 aromatic carbocycles. The molecular formula is C25H22ClN5OS. The van der Waals surface area contributed by atoms with Crippen LogP contribution >= 0.6 is 23.4 Å². The number of benzene rings is 3. The Labute approximate surface area is 201 Å². The number of hydrogen-bond acceptors (Lipinski definition) is 5. The minimum Gasteiger partial charge on any atom is -0.272 e. The van der Waals surface area contributed by atoms with E-state index in [4.69, 9.17) is 11.6 Å². The zero-order valence-electron chi connectivity index (χ0n) is 18.2. The molecule has 0 unspecified atom stereocenters. The Bertz CT molecular complexity index is 1270. The van der Waals surface area contributed by atoms with Crippen molar-refractivity contribution >= 4 is 35.0 Å². The van der Waals surface area contributed by atoms with Crippen LogP contribution in [0, 0.1) is 6.92 Å². The molecule has 8 heteroatoms. The second kappa shape index (κ2) is 10.5. The second-order valence-corrected chi connectivity index (χ2v) is 8.75. The van der Waals surface area contributed by atoms with Gasteiger partial charge in [-0.15, -0.1) is 10.2 Å². The number of rotatable bonds is 7. The van der Waals surface area contributed by atoms with Gasteiger partial charge in [-0.2, -0.15) is 5.10 Å². The predicted molar refractivity (Wildman–Crippen MR) is 134 cm³/mol. The Hall–Kier alpha value is -3.42. The van der Waals surface area contributed by atoms with Gasteiger partial charge in [-0.05, 0) is 43.7 Å². The zero-order chi connectivity index (χ0) is 23.2. The Morgan fingerprint density at radius 2 is 1.70 bits per heavy atom. The summed E-state index contributed by atoms with van der Waals surface area (Å²) < 4.78 is 1.93. The number of nitrogens with zero attached hydrogens (tertiary/aromatic N) is 4. The molecule has 1 N–H and O–H groups in total. The monoisotopic (exact) mass is 475 g/mol. The van der Waals surface area contributed by atoms with Crippen molar-refractivity contribution in [2.45, 2.75) is 19.0 Å². The first-order chi connectivity index (χ1) is 16.0. The fraction of sp³-hybridized carbons (Fsp3) is 0.120. The average molecular weight is 476 g/mol. The number of halogens is 1. The van der Waals surface area contributed by atoms with Gasteiger partial charge in [0.15, 0.2) is 11.0 Å². The lowest BCUT2D eigenvalue weighted by Crippen LogP contribution is -2.21. The number of nitrogens with one attached hydrogen (secondary N) is 1. The molecule has 0 aliphatic heterocycles. The lowest BCUT2D eigenvalue weighted by molar-refractivity contribution is -0.118. The molecule has 0 aliphatic rings. The molecule has 0 aliphatic carbocycles. The molecule has 0 fully saturated rings. The predicted octanol–water partition coefficient (Wildman–Crippen LogP) is 5.53. The van der Waals surface area contributed by atoms with Crippen LogP contribution in [-0.4, -0.2) is 32.1 Å². The normalized spacial score (nSPS) is 11.4. The summed E-state index contributed by atoms with van der Waals surface area (Å²) in [6, 6.07) is 25.2. The van der Waals surface area contributed by atoms with Crippen LogP contribution in [0.25, 0.3) is 17.1 Å². The molecule has 0 spiro atoms. The smallest absolute Gasteiger partial charge is 0.250 e. The number of hydrazone groups is 1. The fourth-order valence-electron chi connectivity index (χ4n) is 3.13. The third-order valence-electron chi connectivity index (χ3n) is 4.90. The molecule has 4 aromatic rings. The minimum absolute atomic E-state index is 0.144. The maximum Gasteiger partial charge on any atom is 0.250 e. The van der Waals surface area contributed by atoms with Crippen LogP contribution in [0.4, 0.5) is 0 Å². The highest BCUT2D eigenvalue weighted by atomic mass is 35.5. The molecule has 0 atom stereocenters. The van der Waals surface area contributed by atoms with Gasteiger partial charge in [0.1, 0.15) is 0 Å². The summed E-state index contributed by atoms with van der Waals surface area (Å²) in [5, 5.41) is 14.2. The van der Waals surface area contributed by atoms with Crippen molar-refractivity contribution in [2.24, 2.45) is 5.10 Å². The van der Waals surface area contributed by atoms with E-state index in [0.29, 0.717) is 16.0 Å². The Balaban J connectivity index is 1.54. The summed E-state index contributed by atoms with van der Waals surface area (Å²) in [5.41, 5.74) is 7.26. The van der Waals surface area contributed by atoms with Gasteiger partial charge in [-0.1, -0.05) is 83.5 Å². The number of carbonyl (C=O) groups excluding carboxylic acids is 1. The van der Waals surface area contributed by atoms with Crippen LogP contribution < -0.4 is 5.43 Å². The molecule has 1 heterocycles. The van der Waals surface area contributed by atoms with E-state index in [1.165, 1.54) is 11.8 Å².